The Morgan fingerprint density at radius 2 is 1.85 bits per heavy atom. The molecule has 146 valence electrons. The van der Waals surface area contributed by atoms with Gasteiger partial charge in [-0.05, 0) is 45.7 Å². The lowest BCUT2D eigenvalue weighted by atomic mass is 9.77. The fraction of sp³-hybridized carbons (Fsp3) is 0.591. The molecular weight excluding hydrogens is 342 g/mol. The first-order chi connectivity index (χ1) is 12.7. The van der Waals surface area contributed by atoms with Crippen molar-refractivity contribution in [2.24, 2.45) is 0 Å². The third kappa shape index (κ3) is 5.24. The number of carbonyl (C=O) groups is 1. The average Bonchev–Trinajstić information content (AvgIpc) is 2.60. The highest BCUT2D eigenvalue weighted by Gasteiger charge is 2.46. The Hall–Kier alpha value is -2.03. The van der Waals surface area contributed by atoms with E-state index in [0.29, 0.717) is 45.4 Å². The molecule has 2 fully saturated rings. The first kappa shape index (κ1) is 19.7. The fourth-order valence-electron chi connectivity index (χ4n) is 3.67. The summed E-state index contributed by atoms with van der Waals surface area (Å²) in [5.41, 5.74) is -1.08. The van der Waals surface area contributed by atoms with Gasteiger partial charge in [-0.2, -0.15) is 0 Å². The van der Waals surface area contributed by atoms with E-state index in [1.165, 1.54) is 0 Å². The van der Waals surface area contributed by atoms with Crippen LogP contribution in [0.3, 0.4) is 0 Å². The summed E-state index contributed by atoms with van der Waals surface area (Å²) < 4.78 is 11.5. The topological polar surface area (TPSA) is 59.0 Å². The van der Waals surface area contributed by atoms with Crippen LogP contribution in [0.5, 0.6) is 0 Å². The first-order valence-corrected chi connectivity index (χ1v) is 9.61. The molecule has 27 heavy (non-hydrogen) atoms. The maximum absolute atomic E-state index is 12.3. The standard InChI is InChI=1S/C22H29NO4/c1-20(2,3)27-19(24)23-14-11-22(12-15-23)17-21(25,13-16-26-22)10-9-18-7-5-4-6-8-18/h4-8,25H,11-17H2,1-3H3. The van der Waals surface area contributed by atoms with Gasteiger partial charge in [-0.25, -0.2) is 4.79 Å². The van der Waals surface area contributed by atoms with Crippen molar-refractivity contribution in [3.8, 4) is 11.8 Å². The zero-order valence-corrected chi connectivity index (χ0v) is 16.5. The molecule has 2 aliphatic heterocycles. The van der Waals surface area contributed by atoms with Crippen molar-refractivity contribution in [2.75, 3.05) is 19.7 Å². The number of benzene rings is 1. The van der Waals surface area contributed by atoms with E-state index in [1.807, 2.05) is 51.1 Å². The number of piperidine rings is 1. The smallest absolute Gasteiger partial charge is 0.410 e. The molecule has 1 N–H and O–H groups in total. The molecule has 5 nitrogen and oxygen atoms in total. The predicted molar refractivity (Wildman–Crippen MR) is 103 cm³/mol. The molecule has 1 unspecified atom stereocenters. The van der Waals surface area contributed by atoms with Crippen molar-refractivity contribution in [3.05, 3.63) is 35.9 Å². The van der Waals surface area contributed by atoms with Crippen LogP contribution in [0.1, 0.15) is 52.0 Å². The number of rotatable bonds is 0. The minimum Gasteiger partial charge on any atom is -0.444 e. The van der Waals surface area contributed by atoms with Crippen LogP contribution in [0.15, 0.2) is 30.3 Å². The first-order valence-electron chi connectivity index (χ1n) is 9.61. The Kier molecular flexibility index (Phi) is 5.50. The normalized spacial score (nSPS) is 24.8. The minimum atomic E-state index is -1.05. The molecule has 1 atom stereocenters. The quantitative estimate of drug-likeness (QED) is 0.711. The molecule has 2 heterocycles. The fourth-order valence-corrected chi connectivity index (χ4v) is 3.67. The van der Waals surface area contributed by atoms with Gasteiger partial charge in [-0.15, -0.1) is 0 Å². The van der Waals surface area contributed by atoms with E-state index >= 15 is 0 Å². The van der Waals surface area contributed by atoms with Crippen molar-refractivity contribution in [1.82, 2.24) is 4.90 Å². The van der Waals surface area contributed by atoms with Crippen LogP contribution in [0, 0.1) is 11.8 Å². The van der Waals surface area contributed by atoms with Gasteiger partial charge in [0.2, 0.25) is 0 Å². The van der Waals surface area contributed by atoms with Gasteiger partial charge in [0.1, 0.15) is 11.2 Å². The number of amides is 1. The summed E-state index contributed by atoms with van der Waals surface area (Å²) in [4.78, 5) is 14.0. The van der Waals surface area contributed by atoms with Crippen LogP contribution in [0.25, 0.3) is 0 Å². The van der Waals surface area contributed by atoms with E-state index in [1.54, 1.807) is 4.90 Å². The van der Waals surface area contributed by atoms with Crippen LogP contribution in [-0.4, -0.2) is 52.6 Å². The van der Waals surface area contributed by atoms with Crippen LogP contribution in [-0.2, 0) is 9.47 Å². The molecule has 1 aromatic rings. The van der Waals surface area contributed by atoms with Crippen molar-refractivity contribution in [3.63, 3.8) is 0 Å². The molecule has 0 bridgehead atoms. The number of nitrogens with zero attached hydrogens (tertiary/aromatic N) is 1. The molecule has 2 saturated heterocycles. The summed E-state index contributed by atoms with van der Waals surface area (Å²) >= 11 is 0. The van der Waals surface area contributed by atoms with Crippen LogP contribution in [0.2, 0.25) is 0 Å². The average molecular weight is 371 g/mol. The highest BCUT2D eigenvalue weighted by molar-refractivity contribution is 5.68. The van der Waals surface area contributed by atoms with Crippen LogP contribution in [0.4, 0.5) is 4.79 Å². The maximum Gasteiger partial charge on any atom is 0.410 e. The van der Waals surface area contributed by atoms with Gasteiger partial charge >= 0.3 is 6.09 Å². The molecule has 5 heteroatoms. The Morgan fingerprint density at radius 1 is 1.19 bits per heavy atom. The Balaban J connectivity index is 1.63. The zero-order valence-electron chi connectivity index (χ0n) is 16.5. The molecule has 1 aromatic carbocycles. The summed E-state index contributed by atoms with van der Waals surface area (Å²) in [6.45, 7) is 7.21. The number of aliphatic hydroxyl groups is 1. The number of ether oxygens (including phenoxy) is 2. The molecule has 0 saturated carbocycles. The summed E-state index contributed by atoms with van der Waals surface area (Å²) in [5.74, 6) is 6.16. The molecule has 1 amide bonds. The third-order valence-electron chi connectivity index (χ3n) is 5.08. The van der Waals surface area contributed by atoms with E-state index in [0.717, 1.165) is 5.56 Å². The third-order valence-corrected chi connectivity index (χ3v) is 5.08. The van der Waals surface area contributed by atoms with Gasteiger partial charge in [0.15, 0.2) is 0 Å². The Bertz CT molecular complexity index is 720. The van der Waals surface area contributed by atoms with Crippen molar-refractivity contribution >= 4 is 6.09 Å². The minimum absolute atomic E-state index is 0.285. The molecule has 2 aliphatic rings. The largest absolute Gasteiger partial charge is 0.444 e. The lowest BCUT2D eigenvalue weighted by molar-refractivity contribution is -0.159. The summed E-state index contributed by atoms with van der Waals surface area (Å²) in [7, 11) is 0. The SMILES string of the molecule is CC(C)(C)OC(=O)N1CCC2(CC1)CC(O)(C#Cc1ccccc1)CCO2. The van der Waals surface area contributed by atoms with Gasteiger partial charge in [-0.3, -0.25) is 0 Å². The van der Waals surface area contributed by atoms with Crippen molar-refractivity contribution < 1.29 is 19.4 Å². The second-order valence-corrected chi connectivity index (χ2v) is 8.57. The van der Waals surface area contributed by atoms with E-state index in [2.05, 4.69) is 11.8 Å². The van der Waals surface area contributed by atoms with E-state index in [9.17, 15) is 9.90 Å². The number of likely N-dealkylation sites (tertiary alicyclic amines) is 1. The second kappa shape index (κ2) is 7.53. The highest BCUT2D eigenvalue weighted by Crippen LogP contribution is 2.39. The summed E-state index contributed by atoms with van der Waals surface area (Å²) in [6.07, 6.45) is 2.06. The van der Waals surface area contributed by atoms with E-state index < -0.39 is 16.8 Å². The van der Waals surface area contributed by atoms with Gasteiger partial charge < -0.3 is 19.5 Å². The van der Waals surface area contributed by atoms with Crippen molar-refractivity contribution in [1.29, 1.82) is 0 Å². The lowest BCUT2D eigenvalue weighted by Gasteiger charge is -2.47. The molecule has 0 radical (unpaired) electrons. The number of hydrogen-bond acceptors (Lipinski definition) is 4. The molecule has 3 rings (SSSR count). The van der Waals surface area contributed by atoms with Crippen LogP contribution < -0.4 is 0 Å². The summed E-state index contributed by atoms with van der Waals surface area (Å²) in [6, 6.07) is 9.69. The highest BCUT2D eigenvalue weighted by atomic mass is 16.6. The van der Waals surface area contributed by atoms with Gasteiger partial charge in [0.05, 0.1) is 12.2 Å². The molecule has 0 aliphatic carbocycles. The second-order valence-electron chi connectivity index (χ2n) is 8.57. The maximum atomic E-state index is 12.3. The van der Waals surface area contributed by atoms with Crippen LogP contribution >= 0.6 is 0 Å². The number of carbonyl (C=O) groups excluding carboxylic acids is 1. The molecule has 0 aromatic heterocycles. The molecule has 1 spiro atoms. The Labute approximate surface area is 161 Å². The van der Waals surface area contributed by atoms with Gasteiger partial charge in [0.25, 0.3) is 0 Å². The Morgan fingerprint density at radius 3 is 2.48 bits per heavy atom. The van der Waals surface area contributed by atoms with Crippen molar-refractivity contribution in [2.45, 2.75) is 63.3 Å². The number of hydrogen-bond donors (Lipinski definition) is 1. The van der Waals surface area contributed by atoms with E-state index in [4.69, 9.17) is 9.47 Å². The summed E-state index contributed by atoms with van der Waals surface area (Å²) in [5, 5.41) is 11.0. The lowest BCUT2D eigenvalue weighted by Crippen LogP contribution is -2.55. The molecular formula is C22H29NO4. The van der Waals surface area contributed by atoms with Gasteiger partial charge in [-0.1, -0.05) is 30.0 Å². The van der Waals surface area contributed by atoms with Gasteiger partial charge in [0, 0.05) is 31.5 Å². The predicted octanol–water partition coefficient (Wildman–Crippen LogP) is 3.35. The van der Waals surface area contributed by atoms with E-state index in [-0.39, 0.29) is 6.09 Å². The monoisotopic (exact) mass is 371 g/mol. The zero-order chi connectivity index (χ0) is 19.5.